The zero-order valence-electron chi connectivity index (χ0n) is 21.0. The summed E-state index contributed by atoms with van der Waals surface area (Å²) in [6.45, 7) is 0. The van der Waals surface area contributed by atoms with Crippen LogP contribution in [-0.4, -0.2) is 0 Å². The summed E-state index contributed by atoms with van der Waals surface area (Å²) >= 11 is 0. The summed E-state index contributed by atoms with van der Waals surface area (Å²) in [5.41, 5.74) is 0. The van der Waals surface area contributed by atoms with E-state index >= 15 is 0 Å². The van der Waals surface area contributed by atoms with Gasteiger partial charge in [-0.25, -0.2) is 0 Å². The van der Waals surface area contributed by atoms with Gasteiger partial charge in [-0.15, -0.1) is 12.8 Å². The second kappa shape index (κ2) is 11000. The van der Waals surface area contributed by atoms with Crippen molar-refractivity contribution in [2.45, 2.75) is 96.2 Å². The molecule has 0 unspecified atom stereocenters. The lowest BCUT2D eigenvalue weighted by atomic mass is 11.4. The normalized spacial score (nSPS) is 9.93. The summed E-state index contributed by atoms with van der Waals surface area (Å²) in [7, 11) is -1.75. The third kappa shape index (κ3) is 9360. The maximum atomic E-state index is 5.88. The van der Waals surface area contributed by atoms with Gasteiger partial charge in [-0.1, -0.05) is 96.2 Å². The van der Waals surface area contributed by atoms with Crippen LogP contribution >= 0.6 is 0 Å². The zero-order valence-corrected chi connectivity index (χ0v) is 6.03. The molecular weight excluding hydrogens is 180 g/mol. The summed E-state index contributed by atoms with van der Waals surface area (Å²) in [4.78, 5) is 0. The second-order valence-electron chi connectivity index (χ2n) is 0. The molecule has 0 radical (unpaired) electrons. The van der Waals surface area contributed by atoms with Crippen molar-refractivity contribution in [3.05, 3.63) is 0 Å². The van der Waals surface area contributed by atoms with E-state index in [9.17, 15) is 0 Å². The van der Waals surface area contributed by atoms with Gasteiger partial charge in [-0.3, -0.25) is 0 Å². The monoisotopic (exact) mass is 265 g/mol. The SMILES string of the molecule is C.C.C.C.C.C.[3H]C#C.[3H]C[3H].[3H]C[3H].[3H]C[3H].[3H]C[3H].[3H]C[3H].[3H]C[3H].[3H]C[3H]. The molecule has 0 aromatic carbocycles. The molecule has 15 heavy (non-hydrogen) atoms. The Hall–Kier alpha value is -0.440. The molecule has 0 heteroatoms. The predicted octanol–water partition coefficient (Wildman–Crippen LogP) is 8.52. The van der Waals surface area contributed by atoms with Crippen molar-refractivity contribution in [2.24, 2.45) is 0 Å². The molecule has 0 heterocycles. The third-order valence-electron chi connectivity index (χ3n) is 0. The van der Waals surface area contributed by atoms with Gasteiger partial charge in [-0.2, -0.15) is 0 Å². The lowest BCUT2D eigenvalue weighted by molar-refractivity contribution is 2.50. The average Bonchev–Trinajstić information content (AvgIpc) is 2.45. The van der Waals surface area contributed by atoms with Crippen molar-refractivity contribution < 1.29 is 20.6 Å². The first-order chi connectivity index (χ1) is 11.3. The van der Waals surface area contributed by atoms with Crippen LogP contribution < -0.4 is 0 Å². The molecule has 0 rings (SSSR count). The van der Waals surface area contributed by atoms with Crippen LogP contribution in [0.5, 0.6) is 0 Å². The van der Waals surface area contributed by atoms with Crippen LogP contribution in [0, 0.1) is 12.8 Å². The molecule has 114 valence electrons. The van der Waals surface area contributed by atoms with Crippen molar-refractivity contribution in [1.29, 1.82) is 0 Å². The zero-order chi connectivity index (χ0) is 21.7. The first kappa shape index (κ1) is 11.1. The molecule has 0 saturated heterocycles. The van der Waals surface area contributed by atoms with Gasteiger partial charge >= 0.3 is 0 Å². The summed E-state index contributed by atoms with van der Waals surface area (Å²) in [6.07, 6.45) is 5.76. The third-order valence-corrected chi connectivity index (χ3v) is 0. The van der Waals surface area contributed by atoms with E-state index in [0.717, 1.165) is 0 Å². The molecule has 0 bridgehead atoms. The van der Waals surface area contributed by atoms with Crippen LogP contribution in [-0.2, 0) is 0 Å². The van der Waals surface area contributed by atoms with Gasteiger partial charge in [0, 0.05) is 19.2 Å². The summed E-state index contributed by atoms with van der Waals surface area (Å²) in [5, 5.41) is 0. The van der Waals surface area contributed by atoms with Crippen LogP contribution in [0.4, 0.5) is 0 Å². The maximum Gasteiger partial charge on any atom is 0.124 e. The van der Waals surface area contributed by atoms with Gasteiger partial charge in [0.1, 0.15) is 1.37 Å². The molecule has 0 aliphatic carbocycles. The minimum absolute atomic E-state index is 0. The highest BCUT2D eigenvalue weighted by atomic mass is 12.6. The Kier molecular flexibility index (Phi) is 8150. The van der Waals surface area contributed by atoms with Crippen LogP contribution in [0.1, 0.15) is 117 Å². The average molecular weight is 265 g/mol. The summed E-state index contributed by atoms with van der Waals surface area (Å²) in [5.74, 6) is 0. The van der Waals surface area contributed by atoms with E-state index in [1.165, 1.54) is 6.40 Å². The Bertz CT molecular complexity index is 97.1. The largest absolute Gasteiger partial charge is 0.124 e. The van der Waals surface area contributed by atoms with Gasteiger partial charge in [0.15, 0.2) is 0 Å². The summed E-state index contributed by atoms with van der Waals surface area (Å²) < 4.78 is 88.0. The minimum atomic E-state index is -0.250. The fourth-order valence-corrected chi connectivity index (χ4v) is 0. The minimum Gasteiger partial charge on any atom is -0.124 e. The highest BCUT2D eigenvalue weighted by Crippen LogP contribution is 0.579. The van der Waals surface area contributed by atoms with E-state index in [0.29, 0.717) is 0 Å². The van der Waals surface area contributed by atoms with E-state index in [4.69, 9.17) is 20.6 Å². The topological polar surface area (TPSA) is 0 Å². The van der Waals surface area contributed by atoms with Gasteiger partial charge in [0.2, 0.25) is 0 Å². The number of hydrogen-bond donors (Lipinski definition) is 0. The highest BCUT2D eigenvalue weighted by molar-refractivity contribution is 4.47. The molecule has 0 amide bonds. The van der Waals surface area contributed by atoms with E-state index in [-0.39, 0.29) is 96.2 Å². The quantitative estimate of drug-likeness (QED) is 0.385. The molecule has 0 N–H and O–H groups in total. The van der Waals surface area contributed by atoms with E-state index in [2.05, 4.69) is 6.42 Å². The Morgan fingerprint density at radius 1 is 0.533 bits per heavy atom. The van der Waals surface area contributed by atoms with E-state index in [1.807, 2.05) is 0 Å². The molecule has 0 saturated carbocycles. The Balaban J connectivity index is -0.00000000790. The molecule has 0 atom stereocenters. The van der Waals surface area contributed by atoms with Gasteiger partial charge in [0.05, 0.1) is 0 Å². The van der Waals surface area contributed by atoms with Crippen molar-refractivity contribution in [3.63, 3.8) is 0 Å². The van der Waals surface area contributed by atoms with Crippen LogP contribution in [0.2, 0.25) is 0 Å². The smallest absolute Gasteiger partial charge is 0.124 e. The van der Waals surface area contributed by atoms with Crippen molar-refractivity contribution in [3.8, 4) is 12.8 Å². The fourth-order valence-electron chi connectivity index (χ4n) is 0. The predicted molar refractivity (Wildman–Crippen MR) is 97.4 cm³/mol. The lowest BCUT2D eigenvalue weighted by Gasteiger charge is -0.701. The van der Waals surface area contributed by atoms with Gasteiger partial charge < -0.3 is 0 Å². The maximum absolute atomic E-state index is 5.88. The van der Waals surface area contributed by atoms with Crippen molar-refractivity contribution in [1.82, 2.24) is 0 Å². The van der Waals surface area contributed by atoms with Crippen molar-refractivity contribution >= 4 is 0 Å². The number of hydrogen-bond acceptors (Lipinski definition) is 0. The number of terminal acetylenes is 1. The van der Waals surface area contributed by atoms with Crippen molar-refractivity contribution in [2.75, 3.05) is 0 Å². The first-order valence-corrected chi connectivity index (χ1v) is 0.289. The Morgan fingerprint density at radius 3 is 0.533 bits per heavy atom. The van der Waals surface area contributed by atoms with E-state index in [1.54, 1.807) is 0 Å². The lowest BCUT2D eigenvalue weighted by Crippen LogP contribution is -0.576. The highest BCUT2D eigenvalue weighted by Gasteiger charge is 0.454. The van der Waals surface area contributed by atoms with E-state index < -0.39 is 0 Å². The first-order valence-electron chi connectivity index (χ1n) is 10.7. The second-order valence-corrected chi connectivity index (χ2v) is 0. The Labute approximate surface area is 131 Å². The summed E-state index contributed by atoms with van der Waals surface area (Å²) in [6, 6.07) is 0. The van der Waals surface area contributed by atoms with Crippen LogP contribution in [0.3, 0.4) is 0 Å². The molecule has 0 aromatic rings. The Morgan fingerprint density at radius 2 is 0.533 bits per heavy atom. The molecule has 0 spiro atoms. The molecular formula is C15H54. The molecule has 0 aliphatic rings. The fraction of sp³-hybridized carbons (Fsp3) is 0.867. The van der Waals surface area contributed by atoms with Gasteiger partial charge in [0.25, 0.3) is 0 Å². The molecule has 0 fully saturated rings. The molecule has 0 aromatic heterocycles. The molecule has 0 nitrogen and oxygen atoms in total. The molecule has 0 aliphatic heterocycles. The number of rotatable bonds is 0. The van der Waals surface area contributed by atoms with Gasteiger partial charge in [-0.05, 0) is 0 Å². The standard InChI is InChI=1S/C2H2.13CH4/c1-2;;;;;;;;;;;;;/h1-2H;13*1H4/i1T;7*1T2;;;;;;. The van der Waals surface area contributed by atoms with Crippen LogP contribution in [0.25, 0.3) is 0 Å². The van der Waals surface area contributed by atoms with Crippen LogP contribution in [0.15, 0.2) is 0 Å².